The van der Waals surface area contributed by atoms with Crippen LogP contribution in [0, 0.1) is 13.8 Å². The van der Waals surface area contributed by atoms with E-state index in [1.54, 1.807) is 31.2 Å². The van der Waals surface area contributed by atoms with Crippen molar-refractivity contribution < 1.29 is 44.0 Å². The van der Waals surface area contributed by atoms with Gasteiger partial charge >= 0.3 is 0 Å². The molecule has 0 amide bonds. The number of hydrogen-bond acceptors (Lipinski definition) is 12. The highest BCUT2D eigenvalue weighted by molar-refractivity contribution is 7.86. The van der Waals surface area contributed by atoms with E-state index in [-0.39, 0.29) is 11.1 Å². The molecule has 15 nitrogen and oxygen atoms in total. The van der Waals surface area contributed by atoms with Crippen LogP contribution in [0.5, 0.6) is 5.75 Å². The average molecular weight is 636 g/mol. The molecule has 0 aliphatic rings. The smallest absolute Gasteiger partial charge is 0.296 e. The van der Waals surface area contributed by atoms with Crippen molar-refractivity contribution in [3.63, 3.8) is 0 Å². The van der Waals surface area contributed by atoms with Crippen LogP contribution in [0.3, 0.4) is 0 Å². The predicted molar refractivity (Wildman–Crippen MR) is 150 cm³/mol. The topological polar surface area (TPSA) is 259 Å². The Balaban J connectivity index is 2.05. The van der Waals surface area contributed by atoms with Gasteiger partial charge in [0.05, 0.1) is 16.8 Å². The molecule has 4 aromatic rings. The average Bonchev–Trinajstić information content (AvgIpc) is 2.86. The van der Waals surface area contributed by atoms with Crippen molar-refractivity contribution in [3.8, 4) is 5.75 Å². The molecule has 0 spiro atoms. The predicted octanol–water partition coefficient (Wildman–Crippen LogP) is 5.32. The summed E-state index contributed by atoms with van der Waals surface area (Å²) in [6.45, 7) is 3.38. The molecule has 220 valence electrons. The first kappa shape index (κ1) is 30.6. The molecule has 0 aliphatic heterocycles. The standard InChI is InChI=1S/C24H21N5O10S3/c1-12-3-6-15(7-4-12)26-28-22-18(41(34,35)36)10-14-11-19(42(37,38)39)23(24(30)20(14)21(22)25)29-27-16-9-13(2)5-8-17(16)40(31,32)33/h3-11,30H,25H2,1-2H3,(H,31,32,33)(H,34,35,36)(H,37,38,39). The summed E-state index contributed by atoms with van der Waals surface area (Å²) in [5.74, 6) is -1.03. The third-order valence-corrected chi connectivity index (χ3v) is 8.45. The third-order valence-electron chi connectivity index (χ3n) is 5.82. The van der Waals surface area contributed by atoms with E-state index in [2.05, 4.69) is 20.5 Å². The van der Waals surface area contributed by atoms with Gasteiger partial charge in [0.15, 0.2) is 5.75 Å². The lowest BCUT2D eigenvalue weighted by Crippen LogP contribution is -2.03. The summed E-state index contributed by atoms with van der Waals surface area (Å²) in [6.07, 6.45) is 0. The summed E-state index contributed by atoms with van der Waals surface area (Å²) in [6, 6.07) is 11.5. The van der Waals surface area contributed by atoms with Gasteiger partial charge in [-0.25, -0.2) is 0 Å². The molecule has 4 aromatic carbocycles. The Morgan fingerprint density at radius 3 is 1.67 bits per heavy atom. The van der Waals surface area contributed by atoms with Gasteiger partial charge in [0.25, 0.3) is 30.4 Å². The Hall–Kier alpha value is -4.33. The zero-order valence-electron chi connectivity index (χ0n) is 21.5. The van der Waals surface area contributed by atoms with E-state index in [9.17, 15) is 44.0 Å². The normalized spacial score (nSPS) is 13.0. The second kappa shape index (κ2) is 10.8. The highest BCUT2D eigenvalue weighted by Crippen LogP contribution is 2.48. The molecule has 0 unspecified atom stereocenters. The van der Waals surface area contributed by atoms with E-state index in [0.717, 1.165) is 17.7 Å². The zero-order valence-corrected chi connectivity index (χ0v) is 24.0. The van der Waals surface area contributed by atoms with Gasteiger partial charge in [0.2, 0.25) is 0 Å². The molecule has 0 bridgehead atoms. The molecule has 0 saturated carbocycles. The van der Waals surface area contributed by atoms with Gasteiger partial charge in [0.1, 0.15) is 31.7 Å². The van der Waals surface area contributed by atoms with Gasteiger partial charge in [-0.05, 0) is 61.2 Å². The van der Waals surface area contributed by atoms with Crippen molar-refractivity contribution in [2.45, 2.75) is 28.5 Å². The first-order valence-electron chi connectivity index (χ1n) is 11.4. The number of nitrogen functional groups attached to an aromatic ring is 1. The van der Waals surface area contributed by atoms with E-state index in [4.69, 9.17) is 5.73 Å². The van der Waals surface area contributed by atoms with Gasteiger partial charge in [-0.2, -0.15) is 30.4 Å². The summed E-state index contributed by atoms with van der Waals surface area (Å²) in [4.78, 5) is -2.66. The highest BCUT2D eigenvalue weighted by Gasteiger charge is 2.28. The molecular weight excluding hydrogens is 614 g/mol. The molecule has 0 fully saturated rings. The van der Waals surface area contributed by atoms with Gasteiger partial charge in [-0.15, -0.1) is 15.3 Å². The van der Waals surface area contributed by atoms with Crippen molar-refractivity contribution in [2.75, 3.05) is 5.73 Å². The number of aryl methyl sites for hydroxylation is 2. The first-order valence-corrected chi connectivity index (χ1v) is 15.8. The minimum atomic E-state index is -5.20. The van der Waals surface area contributed by atoms with E-state index < -0.39 is 78.9 Å². The molecule has 6 N–H and O–H groups in total. The third kappa shape index (κ3) is 6.27. The number of phenols is 1. The van der Waals surface area contributed by atoms with Gasteiger partial charge < -0.3 is 10.8 Å². The second-order valence-electron chi connectivity index (χ2n) is 8.94. The van der Waals surface area contributed by atoms with Crippen LogP contribution < -0.4 is 5.73 Å². The summed E-state index contributed by atoms with van der Waals surface area (Å²) in [7, 11) is -15.1. The minimum absolute atomic E-state index is 0.273. The molecule has 0 heterocycles. The summed E-state index contributed by atoms with van der Waals surface area (Å²) >= 11 is 0. The van der Waals surface area contributed by atoms with Crippen LogP contribution in [0.15, 0.2) is 89.7 Å². The molecule has 0 aromatic heterocycles. The number of azo groups is 2. The van der Waals surface area contributed by atoms with Crippen molar-refractivity contribution >= 4 is 69.6 Å². The van der Waals surface area contributed by atoms with Crippen LogP contribution in [-0.4, -0.2) is 44.0 Å². The maximum absolute atomic E-state index is 12.2. The Morgan fingerprint density at radius 1 is 0.619 bits per heavy atom. The number of rotatable bonds is 7. The molecule has 0 atom stereocenters. The van der Waals surface area contributed by atoms with Crippen LogP contribution in [0.25, 0.3) is 10.8 Å². The molecule has 0 saturated heterocycles. The zero-order chi connectivity index (χ0) is 31.2. The number of nitrogens with two attached hydrogens (primary N) is 1. The molecule has 18 heteroatoms. The van der Waals surface area contributed by atoms with Crippen molar-refractivity contribution in [2.24, 2.45) is 20.5 Å². The van der Waals surface area contributed by atoms with Gasteiger partial charge in [-0.3, -0.25) is 13.7 Å². The summed E-state index contributed by atoms with van der Waals surface area (Å²) < 4.78 is 102. The van der Waals surface area contributed by atoms with E-state index in [1.165, 1.54) is 12.1 Å². The maximum atomic E-state index is 12.2. The first-order chi connectivity index (χ1) is 19.4. The van der Waals surface area contributed by atoms with Crippen LogP contribution in [0.1, 0.15) is 11.1 Å². The number of benzene rings is 4. The Morgan fingerprint density at radius 2 is 1.12 bits per heavy atom. The van der Waals surface area contributed by atoms with Crippen molar-refractivity contribution in [1.82, 2.24) is 0 Å². The van der Waals surface area contributed by atoms with E-state index in [0.29, 0.717) is 11.6 Å². The number of phenolic OH excluding ortho intramolecular Hbond substituents is 1. The fourth-order valence-corrected chi connectivity index (χ4v) is 5.78. The van der Waals surface area contributed by atoms with Crippen molar-refractivity contribution in [3.05, 3.63) is 65.7 Å². The molecular formula is C24H21N5O10S3. The quantitative estimate of drug-likeness (QED) is 0.0986. The largest absolute Gasteiger partial charge is 0.505 e. The fourth-order valence-electron chi connectivity index (χ4n) is 3.85. The van der Waals surface area contributed by atoms with E-state index >= 15 is 0 Å². The Bertz CT molecular complexity index is 2150. The number of aromatic hydroxyl groups is 1. The lowest BCUT2D eigenvalue weighted by atomic mass is 10.1. The number of fused-ring (bicyclic) bond motifs is 1. The fraction of sp³-hybridized carbons (Fsp3) is 0.0833. The lowest BCUT2D eigenvalue weighted by Gasteiger charge is -2.14. The van der Waals surface area contributed by atoms with Crippen LogP contribution in [-0.2, 0) is 30.4 Å². The highest BCUT2D eigenvalue weighted by atomic mass is 32.2. The number of hydrogen-bond donors (Lipinski definition) is 5. The molecule has 4 rings (SSSR count). The molecule has 42 heavy (non-hydrogen) atoms. The van der Waals surface area contributed by atoms with Crippen LogP contribution >= 0.6 is 0 Å². The maximum Gasteiger partial charge on any atom is 0.296 e. The summed E-state index contributed by atoms with van der Waals surface area (Å²) in [5, 5.41) is 25.4. The molecule has 0 radical (unpaired) electrons. The van der Waals surface area contributed by atoms with E-state index in [1.807, 2.05) is 6.92 Å². The summed E-state index contributed by atoms with van der Waals surface area (Å²) in [5.41, 5.74) is 5.24. The van der Waals surface area contributed by atoms with Crippen LogP contribution in [0.2, 0.25) is 0 Å². The number of nitrogens with zero attached hydrogens (tertiary/aromatic N) is 4. The van der Waals surface area contributed by atoms with Gasteiger partial charge in [-0.1, -0.05) is 23.8 Å². The minimum Gasteiger partial charge on any atom is -0.505 e. The molecule has 0 aliphatic carbocycles. The number of anilines is 1. The van der Waals surface area contributed by atoms with Gasteiger partial charge in [0, 0.05) is 0 Å². The van der Waals surface area contributed by atoms with Crippen molar-refractivity contribution in [1.29, 1.82) is 0 Å². The SMILES string of the molecule is Cc1ccc(N=Nc2c(S(=O)(=O)O)cc3cc(S(=O)(=O)O)c(N=Nc4cc(C)ccc4S(=O)(=O)O)c(O)c3c2N)cc1. The second-order valence-corrected chi connectivity index (χ2v) is 13.1. The Kier molecular flexibility index (Phi) is 7.89. The monoisotopic (exact) mass is 635 g/mol. The lowest BCUT2D eigenvalue weighted by molar-refractivity contribution is 0.472. The Labute approximate surface area is 239 Å². The van der Waals surface area contributed by atoms with Crippen LogP contribution in [0.4, 0.5) is 28.4 Å².